The summed E-state index contributed by atoms with van der Waals surface area (Å²) in [5.74, 6) is 0.825. The second-order valence-corrected chi connectivity index (χ2v) is 13.5. The highest BCUT2D eigenvalue weighted by atomic mass is 32.1. The molecule has 0 bridgehead atoms. The molecule has 1 saturated carbocycles. The lowest BCUT2D eigenvalue weighted by Crippen LogP contribution is -2.33. The SMILES string of the molecule is C1CCCCC1.CCCC(CCCCC(C)=O)c1nc(-c2ccc3c(c2)C(C)(C)CCC3(C)C)cs1. The zero-order valence-corrected chi connectivity index (χ0v) is 24.9. The van der Waals surface area contributed by atoms with E-state index in [4.69, 9.17) is 4.98 Å². The number of hydrogen-bond donors (Lipinski definition) is 0. The number of carbonyl (C=O) groups is 1. The summed E-state index contributed by atoms with van der Waals surface area (Å²) < 4.78 is 0. The predicted molar refractivity (Wildman–Crippen MR) is 157 cm³/mol. The van der Waals surface area contributed by atoms with E-state index in [2.05, 4.69) is 58.2 Å². The van der Waals surface area contributed by atoms with Gasteiger partial charge in [-0.25, -0.2) is 4.98 Å². The molecule has 36 heavy (non-hydrogen) atoms. The second kappa shape index (κ2) is 13.4. The van der Waals surface area contributed by atoms with Crippen LogP contribution < -0.4 is 0 Å². The Hall–Kier alpha value is -1.48. The van der Waals surface area contributed by atoms with Gasteiger partial charge in [0.2, 0.25) is 0 Å². The average Bonchev–Trinajstić information content (AvgIpc) is 3.35. The van der Waals surface area contributed by atoms with Gasteiger partial charge in [-0.1, -0.05) is 98.1 Å². The number of ketones is 1. The zero-order valence-electron chi connectivity index (χ0n) is 24.0. The molecule has 2 nitrogen and oxygen atoms in total. The van der Waals surface area contributed by atoms with Crippen LogP contribution in [0.3, 0.4) is 0 Å². The number of rotatable bonds is 9. The Kier molecular flexibility index (Phi) is 10.8. The van der Waals surface area contributed by atoms with Gasteiger partial charge < -0.3 is 4.79 Å². The summed E-state index contributed by atoms with van der Waals surface area (Å²) in [5, 5.41) is 3.52. The first-order chi connectivity index (χ1) is 17.1. The van der Waals surface area contributed by atoms with Gasteiger partial charge in [0.25, 0.3) is 0 Å². The van der Waals surface area contributed by atoms with Crippen molar-refractivity contribution in [1.29, 1.82) is 0 Å². The minimum atomic E-state index is 0.223. The van der Waals surface area contributed by atoms with Crippen LogP contribution in [0.15, 0.2) is 23.6 Å². The van der Waals surface area contributed by atoms with Crippen molar-refractivity contribution in [1.82, 2.24) is 4.98 Å². The molecule has 1 fully saturated rings. The van der Waals surface area contributed by atoms with E-state index in [9.17, 15) is 4.79 Å². The summed E-state index contributed by atoms with van der Waals surface area (Å²) in [5.41, 5.74) is 5.87. The van der Waals surface area contributed by atoms with Crippen molar-refractivity contribution in [3.63, 3.8) is 0 Å². The third-order valence-electron chi connectivity index (χ3n) is 8.49. The largest absolute Gasteiger partial charge is 0.300 e. The normalized spacial score (nSPS) is 19.1. The van der Waals surface area contributed by atoms with E-state index < -0.39 is 0 Å². The summed E-state index contributed by atoms with van der Waals surface area (Å²) >= 11 is 1.82. The molecular weight excluding hydrogens is 458 g/mol. The van der Waals surface area contributed by atoms with E-state index in [-0.39, 0.29) is 10.8 Å². The van der Waals surface area contributed by atoms with Crippen molar-refractivity contribution in [3.05, 3.63) is 39.7 Å². The van der Waals surface area contributed by atoms with Crippen molar-refractivity contribution in [2.45, 2.75) is 148 Å². The maximum atomic E-state index is 11.2. The number of hydrogen-bond acceptors (Lipinski definition) is 3. The van der Waals surface area contributed by atoms with E-state index in [1.54, 1.807) is 6.92 Å². The molecule has 2 aromatic rings. The van der Waals surface area contributed by atoms with E-state index in [0.717, 1.165) is 25.0 Å². The number of Topliss-reactive ketones (excluding diaryl/α,β-unsaturated/α-hetero) is 1. The van der Waals surface area contributed by atoms with E-state index in [1.807, 2.05) is 11.3 Å². The lowest BCUT2D eigenvalue weighted by molar-refractivity contribution is -0.117. The zero-order chi connectivity index (χ0) is 26.2. The number of benzene rings is 1. The van der Waals surface area contributed by atoms with Crippen LogP contribution in [0.25, 0.3) is 11.3 Å². The molecule has 0 amide bonds. The smallest absolute Gasteiger partial charge is 0.129 e. The Balaban J connectivity index is 0.000000526. The molecule has 0 aliphatic heterocycles. The van der Waals surface area contributed by atoms with Crippen LogP contribution in [0, 0.1) is 0 Å². The average molecular weight is 510 g/mol. The molecule has 0 N–H and O–H groups in total. The number of carbonyl (C=O) groups excluding carboxylic acids is 1. The summed E-state index contributed by atoms with van der Waals surface area (Å²) in [4.78, 5) is 16.3. The van der Waals surface area contributed by atoms with Gasteiger partial charge in [0.15, 0.2) is 0 Å². The van der Waals surface area contributed by atoms with Crippen LogP contribution in [0.5, 0.6) is 0 Å². The summed E-state index contributed by atoms with van der Waals surface area (Å²) in [6.07, 6.45) is 17.8. The Bertz CT molecular complexity index is 954. The number of fused-ring (bicyclic) bond motifs is 1. The Morgan fingerprint density at radius 2 is 1.53 bits per heavy atom. The Morgan fingerprint density at radius 1 is 0.917 bits per heavy atom. The number of unbranched alkanes of at least 4 members (excludes halogenated alkanes) is 1. The number of thiazole rings is 1. The third kappa shape index (κ3) is 8.01. The summed E-state index contributed by atoms with van der Waals surface area (Å²) in [7, 11) is 0. The standard InChI is InChI=1S/C27H39NOS.C6H12/c1-7-10-20(12-9-8-11-19(2)29)25-28-24(18-30-25)21-13-14-22-23(17-21)27(5,6)16-15-26(22,3)4;1-2-4-6-5-3-1/h13-14,17-18,20H,7-12,15-16H2,1-6H3;1-6H2. The van der Waals surface area contributed by atoms with E-state index >= 15 is 0 Å². The Morgan fingerprint density at radius 3 is 2.11 bits per heavy atom. The van der Waals surface area contributed by atoms with Gasteiger partial charge >= 0.3 is 0 Å². The molecule has 1 aromatic carbocycles. The van der Waals surface area contributed by atoms with Crippen LogP contribution in [0.2, 0.25) is 0 Å². The molecule has 2 aliphatic carbocycles. The highest BCUT2D eigenvalue weighted by Crippen LogP contribution is 2.47. The van der Waals surface area contributed by atoms with E-state index in [0.29, 0.717) is 18.1 Å². The minimum Gasteiger partial charge on any atom is -0.300 e. The van der Waals surface area contributed by atoms with Crippen LogP contribution in [-0.2, 0) is 15.6 Å². The molecule has 1 atom stereocenters. The molecule has 1 unspecified atom stereocenters. The van der Waals surface area contributed by atoms with Crippen LogP contribution >= 0.6 is 11.3 Å². The van der Waals surface area contributed by atoms with Crippen LogP contribution in [0.4, 0.5) is 0 Å². The maximum absolute atomic E-state index is 11.2. The first-order valence-corrected chi connectivity index (χ1v) is 15.6. The highest BCUT2D eigenvalue weighted by molar-refractivity contribution is 7.10. The summed E-state index contributed by atoms with van der Waals surface area (Å²) in [6.45, 7) is 13.5. The number of nitrogens with zero attached hydrogens (tertiary/aromatic N) is 1. The van der Waals surface area contributed by atoms with Crippen molar-refractivity contribution in [2.75, 3.05) is 0 Å². The maximum Gasteiger partial charge on any atom is 0.129 e. The van der Waals surface area contributed by atoms with Gasteiger partial charge in [-0.2, -0.15) is 0 Å². The van der Waals surface area contributed by atoms with E-state index in [1.165, 1.54) is 85.9 Å². The molecule has 0 radical (unpaired) electrons. The lowest BCUT2D eigenvalue weighted by atomic mass is 9.63. The quantitative estimate of drug-likeness (QED) is 0.315. The molecule has 1 heterocycles. The van der Waals surface area contributed by atoms with Gasteiger partial charge in [-0.05, 0) is 67.1 Å². The van der Waals surface area contributed by atoms with Crippen molar-refractivity contribution in [3.8, 4) is 11.3 Å². The fraction of sp³-hybridized carbons (Fsp3) is 0.697. The fourth-order valence-electron chi connectivity index (χ4n) is 5.92. The lowest BCUT2D eigenvalue weighted by Gasteiger charge is -2.42. The minimum absolute atomic E-state index is 0.223. The van der Waals surface area contributed by atoms with Gasteiger partial charge in [0, 0.05) is 23.3 Å². The highest BCUT2D eigenvalue weighted by Gasteiger charge is 2.37. The monoisotopic (exact) mass is 509 g/mol. The van der Waals surface area contributed by atoms with Gasteiger partial charge in [0.05, 0.1) is 10.7 Å². The second-order valence-electron chi connectivity index (χ2n) is 12.7. The Labute approximate surface area is 225 Å². The molecule has 0 spiro atoms. The van der Waals surface area contributed by atoms with Crippen molar-refractivity contribution >= 4 is 17.1 Å². The molecule has 0 saturated heterocycles. The summed E-state index contributed by atoms with van der Waals surface area (Å²) in [6, 6.07) is 7.05. The first kappa shape index (κ1) is 29.1. The predicted octanol–water partition coefficient (Wildman–Crippen LogP) is 10.5. The molecule has 3 heteroatoms. The third-order valence-corrected chi connectivity index (χ3v) is 9.50. The van der Waals surface area contributed by atoms with Crippen LogP contribution in [-0.4, -0.2) is 10.8 Å². The molecular formula is C33H51NOS. The van der Waals surface area contributed by atoms with Crippen LogP contribution in [0.1, 0.15) is 153 Å². The molecule has 200 valence electrons. The van der Waals surface area contributed by atoms with Crippen molar-refractivity contribution in [2.24, 2.45) is 0 Å². The topological polar surface area (TPSA) is 30.0 Å². The first-order valence-electron chi connectivity index (χ1n) is 14.7. The molecule has 1 aromatic heterocycles. The number of aromatic nitrogens is 1. The molecule has 2 aliphatic rings. The van der Waals surface area contributed by atoms with Gasteiger partial charge in [0.1, 0.15) is 5.78 Å². The fourth-order valence-corrected chi connectivity index (χ4v) is 6.92. The van der Waals surface area contributed by atoms with Gasteiger partial charge in [-0.15, -0.1) is 11.3 Å². The van der Waals surface area contributed by atoms with Crippen molar-refractivity contribution < 1.29 is 4.79 Å². The molecule has 4 rings (SSSR count). The van der Waals surface area contributed by atoms with Gasteiger partial charge in [-0.3, -0.25) is 0 Å².